The molecule has 0 aromatic heterocycles. The summed E-state index contributed by atoms with van der Waals surface area (Å²) in [4.78, 5) is 0. The fourth-order valence-electron chi connectivity index (χ4n) is 1.63. The number of hydrogen-bond acceptors (Lipinski definition) is 4. The molecule has 0 bridgehead atoms. The van der Waals surface area contributed by atoms with E-state index < -0.39 is 0 Å². The zero-order valence-corrected chi connectivity index (χ0v) is 11.8. The van der Waals surface area contributed by atoms with Gasteiger partial charge < -0.3 is 20.5 Å². The van der Waals surface area contributed by atoms with Gasteiger partial charge in [-0.1, -0.05) is 17.7 Å². The van der Waals surface area contributed by atoms with Crippen molar-refractivity contribution < 1.29 is 9.47 Å². The summed E-state index contributed by atoms with van der Waals surface area (Å²) in [6.45, 7) is 3.24. The molecule has 2 unspecified atom stereocenters. The second-order valence-corrected chi connectivity index (χ2v) is 4.54. The molecule has 4 nitrogen and oxygen atoms in total. The lowest BCUT2D eigenvalue weighted by Crippen LogP contribution is -2.33. The first-order valence-corrected chi connectivity index (χ1v) is 6.29. The van der Waals surface area contributed by atoms with Crippen molar-refractivity contribution in [3.8, 4) is 5.75 Å². The maximum Gasteiger partial charge on any atom is 0.137 e. The Morgan fingerprint density at radius 2 is 2.11 bits per heavy atom. The molecule has 0 aliphatic carbocycles. The Hall–Kier alpha value is -0.810. The van der Waals surface area contributed by atoms with Crippen LogP contribution in [0.15, 0.2) is 18.2 Å². The molecule has 3 N–H and O–H groups in total. The second-order valence-electron chi connectivity index (χ2n) is 4.14. The first-order chi connectivity index (χ1) is 8.62. The third-order valence-corrected chi connectivity index (χ3v) is 3.16. The normalized spacial score (nSPS) is 14.3. The molecule has 0 heterocycles. The molecule has 1 rings (SSSR count). The van der Waals surface area contributed by atoms with E-state index in [9.17, 15) is 0 Å². The zero-order chi connectivity index (χ0) is 13.5. The van der Waals surface area contributed by atoms with Crippen LogP contribution in [-0.2, 0) is 4.74 Å². The Morgan fingerprint density at radius 1 is 1.39 bits per heavy atom. The maximum atomic E-state index is 6.10. The molecule has 0 saturated heterocycles. The van der Waals surface area contributed by atoms with Gasteiger partial charge in [0.25, 0.3) is 0 Å². The molecule has 0 aliphatic rings. The molecule has 1 aromatic rings. The standard InChI is InChI=1S/C13H21ClN2O2/c1-9(17-2)8-16-12(7-15)10-4-5-13(18-3)11(14)6-10/h4-6,9,12,16H,7-8,15H2,1-3H3. The quantitative estimate of drug-likeness (QED) is 0.797. The SMILES string of the molecule is COc1ccc(C(CN)NCC(C)OC)cc1Cl. The van der Waals surface area contributed by atoms with Crippen molar-refractivity contribution in [1.82, 2.24) is 5.32 Å². The van der Waals surface area contributed by atoms with Crippen LogP contribution in [0.3, 0.4) is 0 Å². The van der Waals surface area contributed by atoms with Crippen LogP contribution in [0.4, 0.5) is 0 Å². The van der Waals surface area contributed by atoms with E-state index in [0.29, 0.717) is 17.3 Å². The van der Waals surface area contributed by atoms with Crippen LogP contribution in [0.2, 0.25) is 5.02 Å². The van der Waals surface area contributed by atoms with Crippen molar-refractivity contribution in [2.75, 3.05) is 27.3 Å². The van der Waals surface area contributed by atoms with Crippen molar-refractivity contribution in [3.05, 3.63) is 28.8 Å². The summed E-state index contributed by atoms with van der Waals surface area (Å²) in [5.41, 5.74) is 6.82. The van der Waals surface area contributed by atoms with E-state index in [0.717, 1.165) is 12.1 Å². The monoisotopic (exact) mass is 272 g/mol. The summed E-state index contributed by atoms with van der Waals surface area (Å²) < 4.78 is 10.3. The topological polar surface area (TPSA) is 56.5 Å². The molecular formula is C13H21ClN2O2. The molecule has 5 heteroatoms. The molecule has 0 spiro atoms. The molecule has 0 fully saturated rings. The van der Waals surface area contributed by atoms with Gasteiger partial charge in [0.15, 0.2) is 0 Å². The average Bonchev–Trinajstić information content (AvgIpc) is 2.39. The second kappa shape index (κ2) is 7.59. The lowest BCUT2D eigenvalue weighted by Gasteiger charge is -2.20. The highest BCUT2D eigenvalue weighted by atomic mass is 35.5. The summed E-state index contributed by atoms with van der Waals surface area (Å²) >= 11 is 6.10. The molecule has 0 saturated carbocycles. The van der Waals surface area contributed by atoms with Crippen molar-refractivity contribution in [2.45, 2.75) is 19.1 Å². The van der Waals surface area contributed by atoms with E-state index in [1.807, 2.05) is 25.1 Å². The van der Waals surface area contributed by atoms with E-state index in [4.69, 9.17) is 26.8 Å². The number of hydrogen-bond donors (Lipinski definition) is 2. The van der Waals surface area contributed by atoms with Crippen LogP contribution in [0.25, 0.3) is 0 Å². The number of rotatable bonds is 7. The van der Waals surface area contributed by atoms with Gasteiger partial charge in [-0.15, -0.1) is 0 Å². The zero-order valence-electron chi connectivity index (χ0n) is 11.1. The molecule has 102 valence electrons. The largest absolute Gasteiger partial charge is 0.495 e. The minimum absolute atomic E-state index is 0.0611. The van der Waals surface area contributed by atoms with Gasteiger partial charge in [-0.2, -0.15) is 0 Å². The van der Waals surface area contributed by atoms with Gasteiger partial charge in [-0.25, -0.2) is 0 Å². The Balaban J connectivity index is 2.72. The van der Waals surface area contributed by atoms with Crippen LogP contribution >= 0.6 is 11.6 Å². The Labute approximate surface area is 113 Å². The van der Waals surface area contributed by atoms with Gasteiger partial charge in [0.2, 0.25) is 0 Å². The number of nitrogens with two attached hydrogens (primary N) is 1. The van der Waals surface area contributed by atoms with Gasteiger partial charge in [0.1, 0.15) is 5.75 Å². The fourth-order valence-corrected chi connectivity index (χ4v) is 1.89. The molecule has 0 aliphatic heterocycles. The summed E-state index contributed by atoms with van der Waals surface area (Å²) in [6.07, 6.45) is 0.146. The van der Waals surface area contributed by atoms with Crippen LogP contribution in [0, 0.1) is 0 Å². The molecule has 0 amide bonds. The smallest absolute Gasteiger partial charge is 0.137 e. The summed E-state index contributed by atoms with van der Waals surface area (Å²) in [6, 6.07) is 5.75. The Kier molecular flexibility index (Phi) is 6.43. The first kappa shape index (κ1) is 15.2. The lowest BCUT2D eigenvalue weighted by molar-refractivity contribution is 0.114. The molecule has 18 heavy (non-hydrogen) atoms. The van der Waals surface area contributed by atoms with Crippen LogP contribution in [0.5, 0.6) is 5.75 Å². The van der Waals surface area contributed by atoms with Gasteiger partial charge in [0.05, 0.1) is 18.2 Å². The van der Waals surface area contributed by atoms with E-state index in [1.165, 1.54) is 0 Å². The van der Waals surface area contributed by atoms with E-state index in [-0.39, 0.29) is 12.1 Å². The van der Waals surface area contributed by atoms with Crippen molar-refractivity contribution in [3.63, 3.8) is 0 Å². The lowest BCUT2D eigenvalue weighted by atomic mass is 10.1. The van der Waals surface area contributed by atoms with Crippen LogP contribution in [0.1, 0.15) is 18.5 Å². The Morgan fingerprint density at radius 3 is 2.61 bits per heavy atom. The average molecular weight is 273 g/mol. The summed E-state index contributed by atoms with van der Waals surface area (Å²) in [5, 5.41) is 3.94. The van der Waals surface area contributed by atoms with Crippen molar-refractivity contribution >= 4 is 11.6 Å². The predicted molar refractivity (Wildman–Crippen MR) is 74.3 cm³/mol. The van der Waals surface area contributed by atoms with Crippen LogP contribution in [-0.4, -0.2) is 33.4 Å². The predicted octanol–water partition coefficient (Wildman–Crippen LogP) is 1.97. The first-order valence-electron chi connectivity index (χ1n) is 5.92. The minimum atomic E-state index is 0.0611. The summed E-state index contributed by atoms with van der Waals surface area (Å²) in [7, 11) is 3.29. The van der Waals surface area contributed by atoms with Crippen LogP contribution < -0.4 is 15.8 Å². The van der Waals surface area contributed by atoms with Gasteiger partial charge in [-0.05, 0) is 24.6 Å². The van der Waals surface area contributed by atoms with E-state index in [1.54, 1.807) is 14.2 Å². The third kappa shape index (κ3) is 4.14. The molecular weight excluding hydrogens is 252 g/mol. The maximum absolute atomic E-state index is 6.10. The number of nitrogens with one attached hydrogen (secondary N) is 1. The van der Waals surface area contributed by atoms with Gasteiger partial charge in [0, 0.05) is 26.2 Å². The fraction of sp³-hybridized carbons (Fsp3) is 0.538. The highest BCUT2D eigenvalue weighted by molar-refractivity contribution is 6.32. The Bertz CT molecular complexity index is 374. The number of halogens is 1. The minimum Gasteiger partial charge on any atom is -0.495 e. The van der Waals surface area contributed by atoms with Gasteiger partial charge >= 0.3 is 0 Å². The summed E-state index contributed by atoms with van der Waals surface area (Å²) in [5.74, 6) is 0.668. The van der Waals surface area contributed by atoms with Crippen molar-refractivity contribution in [2.24, 2.45) is 5.73 Å². The highest BCUT2D eigenvalue weighted by Gasteiger charge is 2.12. The van der Waals surface area contributed by atoms with Gasteiger partial charge in [-0.3, -0.25) is 0 Å². The molecule has 1 aromatic carbocycles. The number of ether oxygens (including phenoxy) is 2. The highest BCUT2D eigenvalue weighted by Crippen LogP contribution is 2.27. The van der Waals surface area contributed by atoms with E-state index in [2.05, 4.69) is 5.32 Å². The molecule has 0 radical (unpaired) electrons. The van der Waals surface area contributed by atoms with E-state index >= 15 is 0 Å². The molecule has 2 atom stereocenters. The third-order valence-electron chi connectivity index (χ3n) is 2.87. The van der Waals surface area contributed by atoms with Crippen molar-refractivity contribution in [1.29, 1.82) is 0 Å². The number of benzene rings is 1. The number of methoxy groups -OCH3 is 2.